The Morgan fingerprint density at radius 2 is 1.77 bits per heavy atom. The van der Waals surface area contributed by atoms with Crippen LogP contribution in [0.25, 0.3) is 0 Å². The molecule has 168 valence electrons. The van der Waals surface area contributed by atoms with Crippen LogP contribution < -0.4 is 25.4 Å². The predicted molar refractivity (Wildman–Crippen MR) is 136 cm³/mol. The van der Waals surface area contributed by atoms with Crippen LogP contribution in [0, 0.1) is 5.92 Å². The number of hydrogen-bond acceptors (Lipinski definition) is 4. The van der Waals surface area contributed by atoms with E-state index in [0.29, 0.717) is 38.1 Å². The summed E-state index contributed by atoms with van der Waals surface area (Å²) in [6.45, 7) is 5.94. The van der Waals surface area contributed by atoms with E-state index in [2.05, 4.69) is 20.9 Å². The summed E-state index contributed by atoms with van der Waals surface area (Å²) in [5.41, 5.74) is 2.70. The van der Waals surface area contributed by atoms with Crippen molar-refractivity contribution in [3.8, 4) is 11.5 Å². The Bertz CT molecular complexity index is 902. The summed E-state index contributed by atoms with van der Waals surface area (Å²) in [5, 5.41) is 9.52. The summed E-state index contributed by atoms with van der Waals surface area (Å²) in [6, 6.07) is 13.6. The lowest BCUT2D eigenvalue weighted by molar-refractivity contribution is -0.116. The summed E-state index contributed by atoms with van der Waals surface area (Å²) < 4.78 is 11.4. The number of anilines is 2. The van der Waals surface area contributed by atoms with Crippen molar-refractivity contribution in [3.05, 3.63) is 48.0 Å². The second kappa shape index (κ2) is 12.4. The molecule has 0 spiro atoms. The first-order valence-electron chi connectivity index (χ1n) is 10.3. The smallest absolute Gasteiger partial charge is 0.224 e. The fraction of sp³-hybridized carbons (Fsp3) is 0.391. The number of carbonyl (C=O) groups is 1. The largest absolute Gasteiger partial charge is 0.490 e. The molecule has 0 bridgehead atoms. The van der Waals surface area contributed by atoms with Crippen molar-refractivity contribution in [1.29, 1.82) is 0 Å². The molecule has 31 heavy (non-hydrogen) atoms. The van der Waals surface area contributed by atoms with Gasteiger partial charge < -0.3 is 25.4 Å². The Morgan fingerprint density at radius 3 is 2.52 bits per heavy atom. The Morgan fingerprint density at radius 1 is 1.03 bits per heavy atom. The Labute approximate surface area is 201 Å². The lowest BCUT2D eigenvalue weighted by Crippen LogP contribution is -2.30. The number of nitrogens with zero attached hydrogens (tertiary/aromatic N) is 1. The average Bonchev–Trinajstić information content (AvgIpc) is 2.95. The van der Waals surface area contributed by atoms with Crippen LogP contribution in [0.1, 0.15) is 32.3 Å². The number of rotatable bonds is 6. The first-order chi connectivity index (χ1) is 14.5. The van der Waals surface area contributed by atoms with Gasteiger partial charge in [0.2, 0.25) is 5.91 Å². The number of guanidine groups is 1. The SMILES string of the molecule is CN=C(NCc1cccc(NC(=O)CC(C)C)c1)Nc1ccc2c(c1)OCCCO2.I. The molecule has 0 saturated carbocycles. The van der Waals surface area contributed by atoms with Gasteiger partial charge >= 0.3 is 0 Å². The highest BCUT2D eigenvalue weighted by Gasteiger charge is 2.11. The summed E-state index contributed by atoms with van der Waals surface area (Å²) in [5.74, 6) is 2.49. The van der Waals surface area contributed by atoms with Gasteiger partial charge in [0.15, 0.2) is 17.5 Å². The van der Waals surface area contributed by atoms with Gasteiger partial charge in [-0.3, -0.25) is 9.79 Å². The highest BCUT2D eigenvalue weighted by molar-refractivity contribution is 14.0. The molecule has 7 nitrogen and oxygen atoms in total. The Hall–Kier alpha value is -2.49. The first-order valence-corrected chi connectivity index (χ1v) is 10.3. The van der Waals surface area contributed by atoms with Crippen molar-refractivity contribution in [3.63, 3.8) is 0 Å². The molecule has 1 amide bonds. The summed E-state index contributed by atoms with van der Waals surface area (Å²) in [6.07, 6.45) is 1.38. The lowest BCUT2D eigenvalue weighted by Gasteiger charge is -2.14. The zero-order valence-electron chi connectivity index (χ0n) is 18.2. The maximum absolute atomic E-state index is 12.0. The van der Waals surface area contributed by atoms with E-state index in [9.17, 15) is 4.79 Å². The van der Waals surface area contributed by atoms with Crippen molar-refractivity contribution in [1.82, 2.24) is 5.32 Å². The van der Waals surface area contributed by atoms with Crippen LogP contribution in [0.5, 0.6) is 11.5 Å². The molecule has 1 aliphatic heterocycles. The molecule has 0 aromatic heterocycles. The van der Waals surface area contributed by atoms with E-state index >= 15 is 0 Å². The zero-order chi connectivity index (χ0) is 21.3. The normalized spacial score (nSPS) is 13.1. The van der Waals surface area contributed by atoms with Crippen LogP contribution in [0.2, 0.25) is 0 Å². The molecular weight excluding hydrogens is 507 g/mol. The zero-order valence-corrected chi connectivity index (χ0v) is 20.6. The van der Waals surface area contributed by atoms with E-state index in [1.54, 1.807) is 7.05 Å². The fourth-order valence-corrected chi connectivity index (χ4v) is 3.08. The molecule has 2 aromatic carbocycles. The van der Waals surface area contributed by atoms with Crippen LogP contribution >= 0.6 is 24.0 Å². The van der Waals surface area contributed by atoms with Crippen molar-refractivity contribution in [2.45, 2.75) is 33.2 Å². The molecule has 2 aromatic rings. The molecule has 8 heteroatoms. The molecule has 0 saturated heterocycles. The van der Waals surface area contributed by atoms with Crippen LogP contribution in [-0.2, 0) is 11.3 Å². The van der Waals surface area contributed by atoms with Gasteiger partial charge in [-0.15, -0.1) is 24.0 Å². The van der Waals surface area contributed by atoms with Gasteiger partial charge in [0, 0.05) is 43.9 Å². The van der Waals surface area contributed by atoms with Gasteiger partial charge in [0.1, 0.15) is 0 Å². The van der Waals surface area contributed by atoms with Crippen molar-refractivity contribution in [2.75, 3.05) is 30.9 Å². The Kier molecular flexibility index (Phi) is 9.90. The highest BCUT2D eigenvalue weighted by atomic mass is 127. The Balaban J connectivity index is 0.00000341. The molecule has 0 atom stereocenters. The minimum atomic E-state index is 0. The van der Waals surface area contributed by atoms with Gasteiger partial charge in [-0.05, 0) is 35.7 Å². The van der Waals surface area contributed by atoms with Gasteiger partial charge in [-0.25, -0.2) is 0 Å². The van der Waals surface area contributed by atoms with E-state index < -0.39 is 0 Å². The topological polar surface area (TPSA) is 84.0 Å². The molecular formula is C23H31IN4O3. The van der Waals surface area contributed by atoms with E-state index in [1.165, 1.54) is 0 Å². The minimum Gasteiger partial charge on any atom is -0.490 e. The van der Waals surface area contributed by atoms with Crippen molar-refractivity contribution >= 4 is 47.2 Å². The van der Waals surface area contributed by atoms with E-state index in [4.69, 9.17) is 9.47 Å². The summed E-state index contributed by atoms with van der Waals surface area (Å²) in [4.78, 5) is 16.3. The van der Waals surface area contributed by atoms with Crippen LogP contribution in [0.3, 0.4) is 0 Å². The van der Waals surface area contributed by atoms with E-state index in [1.807, 2.05) is 56.3 Å². The first kappa shape index (κ1) is 24.8. The number of fused-ring (bicyclic) bond motifs is 1. The standard InChI is InChI=1S/C23H30N4O3.HI/c1-16(2)12-22(28)26-18-7-4-6-17(13-18)15-25-23(24-3)27-19-8-9-20-21(14-19)30-11-5-10-29-20;/h4,6-9,13-14,16H,5,10-12,15H2,1-3H3,(H,26,28)(H2,24,25,27);1H. The number of carbonyl (C=O) groups excluding carboxylic acids is 1. The third-order valence-electron chi connectivity index (χ3n) is 4.50. The second-order valence-corrected chi connectivity index (χ2v) is 7.61. The fourth-order valence-electron chi connectivity index (χ4n) is 3.08. The summed E-state index contributed by atoms with van der Waals surface area (Å²) >= 11 is 0. The number of nitrogens with one attached hydrogen (secondary N) is 3. The molecule has 0 unspecified atom stereocenters. The van der Waals surface area contributed by atoms with E-state index in [0.717, 1.165) is 34.9 Å². The lowest BCUT2D eigenvalue weighted by atomic mass is 10.1. The van der Waals surface area contributed by atoms with Crippen LogP contribution in [0.4, 0.5) is 11.4 Å². The average molecular weight is 538 g/mol. The molecule has 3 rings (SSSR count). The van der Waals surface area contributed by atoms with Gasteiger partial charge in [0.05, 0.1) is 13.2 Å². The molecule has 3 N–H and O–H groups in total. The maximum Gasteiger partial charge on any atom is 0.224 e. The van der Waals surface area contributed by atoms with Gasteiger partial charge in [-0.2, -0.15) is 0 Å². The molecule has 1 aliphatic rings. The summed E-state index contributed by atoms with van der Waals surface area (Å²) in [7, 11) is 1.72. The minimum absolute atomic E-state index is 0. The van der Waals surface area contributed by atoms with Crippen molar-refractivity contribution in [2.24, 2.45) is 10.9 Å². The highest BCUT2D eigenvalue weighted by Crippen LogP contribution is 2.32. The molecule has 0 aliphatic carbocycles. The monoisotopic (exact) mass is 538 g/mol. The number of ether oxygens (including phenoxy) is 2. The number of halogens is 1. The molecule has 0 radical (unpaired) electrons. The number of hydrogen-bond donors (Lipinski definition) is 3. The van der Waals surface area contributed by atoms with E-state index in [-0.39, 0.29) is 29.9 Å². The predicted octanol–water partition coefficient (Wildman–Crippen LogP) is 4.64. The third-order valence-corrected chi connectivity index (χ3v) is 4.50. The van der Waals surface area contributed by atoms with Gasteiger partial charge in [0.25, 0.3) is 0 Å². The van der Waals surface area contributed by atoms with Gasteiger partial charge in [-0.1, -0.05) is 26.0 Å². The van der Waals surface area contributed by atoms with Crippen LogP contribution in [0.15, 0.2) is 47.5 Å². The van der Waals surface area contributed by atoms with Crippen molar-refractivity contribution < 1.29 is 14.3 Å². The second-order valence-electron chi connectivity index (χ2n) is 7.61. The number of benzene rings is 2. The molecule has 0 fully saturated rings. The maximum atomic E-state index is 12.0. The third kappa shape index (κ3) is 7.93. The van der Waals surface area contributed by atoms with Crippen LogP contribution in [-0.4, -0.2) is 32.1 Å². The molecule has 1 heterocycles. The quantitative estimate of drug-likeness (QED) is 0.284. The number of amides is 1. The number of aliphatic imine (C=N–C) groups is 1.